The quantitative estimate of drug-likeness (QED) is 0.710. The van der Waals surface area contributed by atoms with Gasteiger partial charge in [-0.15, -0.1) is 0 Å². The van der Waals surface area contributed by atoms with Crippen molar-refractivity contribution in [2.45, 2.75) is 20.8 Å². The van der Waals surface area contributed by atoms with Crippen molar-refractivity contribution in [1.29, 1.82) is 5.26 Å². The number of nitrogens with zero attached hydrogens (tertiary/aromatic N) is 2. The molecule has 0 radical (unpaired) electrons. The maximum Gasteiger partial charge on any atom is 0.0992 e. The molecule has 2 rings (SSSR count). The Kier molecular flexibility index (Phi) is 2.54. The molecule has 1 aromatic carbocycles. The number of aromatic nitrogens is 1. The molecule has 0 atom stereocenters. The zero-order valence-corrected chi connectivity index (χ0v) is 9.78. The molecule has 0 saturated heterocycles. The minimum atomic E-state index is 0.702. The molecule has 0 unspecified atom stereocenters. The first-order valence-electron chi connectivity index (χ1n) is 5.29. The lowest BCUT2D eigenvalue weighted by atomic mass is 10.1. The van der Waals surface area contributed by atoms with E-state index in [9.17, 15) is 0 Å². The van der Waals surface area contributed by atoms with E-state index in [1.807, 2.05) is 18.2 Å². The maximum atomic E-state index is 8.93. The summed E-state index contributed by atoms with van der Waals surface area (Å²) in [7, 11) is 0. The van der Waals surface area contributed by atoms with Gasteiger partial charge in [-0.25, -0.2) is 0 Å². The Bertz CT molecular complexity index is 551. The van der Waals surface area contributed by atoms with Gasteiger partial charge in [-0.2, -0.15) is 5.26 Å². The molecule has 0 aliphatic heterocycles. The van der Waals surface area contributed by atoms with Crippen LogP contribution in [0.25, 0.3) is 5.69 Å². The average molecular weight is 210 g/mol. The van der Waals surface area contributed by atoms with Gasteiger partial charge in [0.05, 0.1) is 11.6 Å². The van der Waals surface area contributed by atoms with Crippen molar-refractivity contribution in [3.63, 3.8) is 0 Å². The Morgan fingerprint density at radius 3 is 2.19 bits per heavy atom. The van der Waals surface area contributed by atoms with Crippen LogP contribution in [-0.4, -0.2) is 4.57 Å². The molecule has 2 nitrogen and oxygen atoms in total. The van der Waals surface area contributed by atoms with E-state index in [0.717, 1.165) is 5.69 Å². The standard InChI is InChI=1S/C14H14N2/c1-10-4-7-13(9-15)8-14(10)16-11(2)5-6-12(16)3/h4-8H,1-3H3. The third-order valence-electron chi connectivity index (χ3n) is 2.85. The van der Waals surface area contributed by atoms with Crippen LogP contribution in [0.2, 0.25) is 0 Å². The molecule has 0 N–H and O–H groups in total. The van der Waals surface area contributed by atoms with Gasteiger partial charge in [0.15, 0.2) is 0 Å². The highest BCUT2D eigenvalue weighted by Crippen LogP contribution is 2.20. The molecule has 80 valence electrons. The van der Waals surface area contributed by atoms with Gasteiger partial charge in [-0.1, -0.05) is 6.07 Å². The molecule has 0 saturated carbocycles. The van der Waals surface area contributed by atoms with Crippen molar-refractivity contribution in [3.05, 3.63) is 52.8 Å². The van der Waals surface area contributed by atoms with Crippen LogP contribution in [0.15, 0.2) is 30.3 Å². The predicted octanol–water partition coefficient (Wildman–Crippen LogP) is 3.27. The number of hydrogen-bond acceptors (Lipinski definition) is 1. The van der Waals surface area contributed by atoms with Gasteiger partial charge in [0.1, 0.15) is 0 Å². The number of rotatable bonds is 1. The number of aryl methyl sites for hydroxylation is 3. The van der Waals surface area contributed by atoms with Gasteiger partial charge in [0.2, 0.25) is 0 Å². The predicted molar refractivity (Wildman–Crippen MR) is 64.7 cm³/mol. The van der Waals surface area contributed by atoms with E-state index < -0.39 is 0 Å². The molecule has 0 spiro atoms. The van der Waals surface area contributed by atoms with Crippen molar-refractivity contribution >= 4 is 0 Å². The van der Waals surface area contributed by atoms with Crippen LogP contribution in [-0.2, 0) is 0 Å². The minimum Gasteiger partial charge on any atom is -0.318 e. The van der Waals surface area contributed by atoms with Crippen molar-refractivity contribution in [2.24, 2.45) is 0 Å². The van der Waals surface area contributed by atoms with Gasteiger partial charge in [-0.05, 0) is 50.6 Å². The molecule has 1 heterocycles. The average Bonchev–Trinajstić information content (AvgIpc) is 2.60. The first kappa shape index (κ1) is 10.5. The second-order valence-electron chi connectivity index (χ2n) is 4.06. The van der Waals surface area contributed by atoms with Gasteiger partial charge in [0.25, 0.3) is 0 Å². The second kappa shape index (κ2) is 3.86. The zero-order chi connectivity index (χ0) is 11.7. The van der Waals surface area contributed by atoms with E-state index in [-0.39, 0.29) is 0 Å². The first-order chi connectivity index (χ1) is 7.63. The van der Waals surface area contributed by atoms with Gasteiger partial charge in [0, 0.05) is 17.1 Å². The highest BCUT2D eigenvalue weighted by atomic mass is 15.0. The summed E-state index contributed by atoms with van der Waals surface area (Å²) in [5.74, 6) is 0. The lowest BCUT2D eigenvalue weighted by molar-refractivity contribution is 0.954. The van der Waals surface area contributed by atoms with Gasteiger partial charge in [-0.3, -0.25) is 0 Å². The fraction of sp³-hybridized carbons (Fsp3) is 0.214. The van der Waals surface area contributed by atoms with Gasteiger partial charge >= 0.3 is 0 Å². The monoisotopic (exact) mass is 210 g/mol. The van der Waals surface area contributed by atoms with Crippen molar-refractivity contribution in [1.82, 2.24) is 4.57 Å². The molecule has 0 aliphatic carbocycles. The largest absolute Gasteiger partial charge is 0.318 e. The topological polar surface area (TPSA) is 28.7 Å². The lowest BCUT2D eigenvalue weighted by Gasteiger charge is -2.12. The Morgan fingerprint density at radius 1 is 1.00 bits per heavy atom. The molecule has 0 aliphatic rings. The summed E-state index contributed by atoms with van der Waals surface area (Å²) in [6, 6.07) is 12.2. The Balaban J connectivity index is 2.69. The number of hydrogen-bond donors (Lipinski definition) is 0. The molecular weight excluding hydrogens is 196 g/mol. The number of nitriles is 1. The van der Waals surface area contributed by atoms with E-state index in [0.29, 0.717) is 5.56 Å². The highest BCUT2D eigenvalue weighted by Gasteiger charge is 2.07. The van der Waals surface area contributed by atoms with E-state index in [1.54, 1.807) is 0 Å². The summed E-state index contributed by atoms with van der Waals surface area (Å²) in [6.45, 7) is 6.21. The van der Waals surface area contributed by atoms with Crippen LogP contribution >= 0.6 is 0 Å². The smallest absolute Gasteiger partial charge is 0.0992 e. The summed E-state index contributed by atoms with van der Waals surface area (Å²) in [4.78, 5) is 0. The lowest BCUT2D eigenvalue weighted by Crippen LogP contribution is -2.01. The highest BCUT2D eigenvalue weighted by molar-refractivity contribution is 5.49. The normalized spacial score (nSPS) is 10.1. The SMILES string of the molecule is Cc1ccc(C#N)cc1-n1c(C)ccc1C. The Hall–Kier alpha value is -2.01. The van der Waals surface area contributed by atoms with Crippen LogP contribution in [0.3, 0.4) is 0 Å². The summed E-state index contributed by atoms with van der Waals surface area (Å²) >= 11 is 0. The molecule has 2 aromatic rings. The second-order valence-corrected chi connectivity index (χ2v) is 4.06. The van der Waals surface area contributed by atoms with Crippen LogP contribution in [0.1, 0.15) is 22.5 Å². The van der Waals surface area contributed by atoms with Crippen molar-refractivity contribution < 1.29 is 0 Å². The molecule has 0 amide bonds. The van der Waals surface area contributed by atoms with Crippen LogP contribution < -0.4 is 0 Å². The van der Waals surface area contributed by atoms with Gasteiger partial charge < -0.3 is 4.57 Å². The summed E-state index contributed by atoms with van der Waals surface area (Å²) < 4.78 is 2.18. The van der Waals surface area contributed by atoms with Crippen LogP contribution in [0.5, 0.6) is 0 Å². The molecule has 0 bridgehead atoms. The molecule has 0 fully saturated rings. The fourth-order valence-electron chi connectivity index (χ4n) is 1.97. The molecule has 1 aromatic heterocycles. The Morgan fingerprint density at radius 2 is 1.62 bits per heavy atom. The third-order valence-corrected chi connectivity index (χ3v) is 2.85. The molecule has 2 heteroatoms. The maximum absolute atomic E-state index is 8.93. The van der Waals surface area contributed by atoms with Crippen LogP contribution in [0.4, 0.5) is 0 Å². The van der Waals surface area contributed by atoms with Crippen LogP contribution in [0, 0.1) is 32.1 Å². The van der Waals surface area contributed by atoms with E-state index in [4.69, 9.17) is 5.26 Å². The van der Waals surface area contributed by atoms with Crippen molar-refractivity contribution in [3.8, 4) is 11.8 Å². The molecule has 16 heavy (non-hydrogen) atoms. The summed E-state index contributed by atoms with van der Waals surface area (Å²) in [6.07, 6.45) is 0. The van der Waals surface area contributed by atoms with E-state index in [2.05, 4.69) is 43.5 Å². The van der Waals surface area contributed by atoms with E-state index in [1.165, 1.54) is 17.0 Å². The molecular formula is C14H14N2. The third kappa shape index (κ3) is 1.61. The number of benzene rings is 1. The van der Waals surface area contributed by atoms with E-state index >= 15 is 0 Å². The zero-order valence-electron chi connectivity index (χ0n) is 9.78. The Labute approximate surface area is 95.8 Å². The summed E-state index contributed by atoms with van der Waals surface area (Å²) in [5, 5.41) is 8.93. The fourth-order valence-corrected chi connectivity index (χ4v) is 1.97. The first-order valence-corrected chi connectivity index (χ1v) is 5.29. The summed E-state index contributed by atoms with van der Waals surface area (Å²) in [5.41, 5.74) is 5.36. The minimum absolute atomic E-state index is 0.702. The van der Waals surface area contributed by atoms with Crippen molar-refractivity contribution in [2.75, 3.05) is 0 Å².